The van der Waals surface area contributed by atoms with E-state index in [4.69, 9.17) is 4.74 Å². The summed E-state index contributed by atoms with van der Waals surface area (Å²) in [6.07, 6.45) is 0.906. The second-order valence-electron chi connectivity index (χ2n) is 3.38. The lowest BCUT2D eigenvalue weighted by Gasteiger charge is -2.07. The van der Waals surface area contributed by atoms with Crippen molar-refractivity contribution in [3.8, 4) is 0 Å². The molecule has 2 heterocycles. The smallest absolute Gasteiger partial charge is 0.310 e. The third-order valence-corrected chi connectivity index (χ3v) is 3.18. The molecule has 1 aromatic rings. The van der Waals surface area contributed by atoms with Gasteiger partial charge in [0.2, 0.25) is 0 Å². The normalized spacial score (nSPS) is 21.0. The molecule has 0 spiro atoms. The van der Waals surface area contributed by atoms with Crippen LogP contribution in [0.1, 0.15) is 11.3 Å². The molecule has 14 heavy (non-hydrogen) atoms. The van der Waals surface area contributed by atoms with Gasteiger partial charge in [-0.2, -0.15) is 0 Å². The van der Waals surface area contributed by atoms with Crippen LogP contribution in [0.15, 0.2) is 17.5 Å². The van der Waals surface area contributed by atoms with Crippen molar-refractivity contribution in [3.05, 3.63) is 22.4 Å². The van der Waals surface area contributed by atoms with E-state index in [9.17, 15) is 4.79 Å². The summed E-state index contributed by atoms with van der Waals surface area (Å²) in [6, 6.07) is 3.94. The van der Waals surface area contributed by atoms with Crippen LogP contribution in [0.2, 0.25) is 0 Å². The maximum absolute atomic E-state index is 11.5. The fraction of sp³-hybridized carbons (Fsp3) is 0.500. The number of esters is 1. The van der Waals surface area contributed by atoms with E-state index in [2.05, 4.69) is 5.32 Å². The molecule has 0 amide bonds. The van der Waals surface area contributed by atoms with E-state index < -0.39 is 0 Å². The van der Waals surface area contributed by atoms with Gasteiger partial charge in [0.05, 0.1) is 5.92 Å². The van der Waals surface area contributed by atoms with Crippen molar-refractivity contribution in [1.29, 1.82) is 0 Å². The molecule has 2 rings (SSSR count). The summed E-state index contributed by atoms with van der Waals surface area (Å²) < 4.78 is 5.20. The highest BCUT2D eigenvalue weighted by Crippen LogP contribution is 2.13. The molecule has 0 aliphatic carbocycles. The molecule has 3 nitrogen and oxygen atoms in total. The fourth-order valence-corrected chi connectivity index (χ4v) is 2.13. The predicted octanol–water partition coefficient (Wildman–Crippen LogP) is 1.40. The summed E-state index contributed by atoms with van der Waals surface area (Å²) in [6.45, 7) is 2.12. The average molecular weight is 211 g/mol. The maximum Gasteiger partial charge on any atom is 0.310 e. The quantitative estimate of drug-likeness (QED) is 0.768. The summed E-state index contributed by atoms with van der Waals surface area (Å²) >= 11 is 1.61. The molecule has 1 aromatic heterocycles. The highest BCUT2D eigenvalue weighted by molar-refractivity contribution is 7.09. The summed E-state index contributed by atoms with van der Waals surface area (Å²) in [5.74, 6) is -0.00152. The standard InChI is InChI=1S/C10H13NO2S/c12-10(8-3-4-11-6-8)13-7-9-2-1-5-14-9/h1-2,5,8,11H,3-4,6-7H2. The Morgan fingerprint density at radius 3 is 3.29 bits per heavy atom. The minimum atomic E-state index is -0.0663. The Labute approximate surface area is 87.1 Å². The van der Waals surface area contributed by atoms with Crippen LogP contribution in [0.4, 0.5) is 0 Å². The zero-order valence-electron chi connectivity index (χ0n) is 7.86. The van der Waals surface area contributed by atoms with Crippen molar-refractivity contribution in [2.75, 3.05) is 13.1 Å². The van der Waals surface area contributed by atoms with E-state index in [1.807, 2.05) is 17.5 Å². The van der Waals surface area contributed by atoms with Crippen molar-refractivity contribution < 1.29 is 9.53 Å². The minimum Gasteiger partial charge on any atom is -0.460 e. The van der Waals surface area contributed by atoms with Crippen LogP contribution in [0.3, 0.4) is 0 Å². The summed E-state index contributed by atoms with van der Waals surface area (Å²) in [7, 11) is 0. The van der Waals surface area contributed by atoms with Gasteiger partial charge in [0.15, 0.2) is 0 Å². The molecule has 1 atom stereocenters. The number of thiophene rings is 1. The van der Waals surface area contributed by atoms with Gasteiger partial charge < -0.3 is 10.1 Å². The second kappa shape index (κ2) is 4.57. The van der Waals surface area contributed by atoms with Crippen LogP contribution in [-0.2, 0) is 16.1 Å². The maximum atomic E-state index is 11.5. The van der Waals surface area contributed by atoms with E-state index in [0.29, 0.717) is 6.61 Å². The lowest BCUT2D eigenvalue weighted by molar-refractivity contribution is -0.149. The Balaban J connectivity index is 1.77. The Hall–Kier alpha value is -0.870. The van der Waals surface area contributed by atoms with Gasteiger partial charge in [-0.25, -0.2) is 0 Å². The van der Waals surface area contributed by atoms with Crippen molar-refractivity contribution in [3.63, 3.8) is 0 Å². The average Bonchev–Trinajstić information content (AvgIpc) is 2.87. The molecule has 0 aromatic carbocycles. The number of carbonyl (C=O) groups is 1. The minimum absolute atomic E-state index is 0.0648. The van der Waals surface area contributed by atoms with Gasteiger partial charge in [-0.1, -0.05) is 6.07 Å². The van der Waals surface area contributed by atoms with Gasteiger partial charge in [0.25, 0.3) is 0 Å². The van der Waals surface area contributed by atoms with Crippen molar-refractivity contribution in [1.82, 2.24) is 5.32 Å². The number of rotatable bonds is 3. The number of nitrogens with one attached hydrogen (secondary N) is 1. The van der Waals surface area contributed by atoms with Crippen molar-refractivity contribution >= 4 is 17.3 Å². The van der Waals surface area contributed by atoms with Gasteiger partial charge in [-0.3, -0.25) is 4.79 Å². The molecule has 1 aliphatic rings. The van der Waals surface area contributed by atoms with E-state index in [1.54, 1.807) is 11.3 Å². The molecule has 4 heteroatoms. The molecule has 1 N–H and O–H groups in total. The largest absolute Gasteiger partial charge is 0.460 e. The third kappa shape index (κ3) is 2.33. The Bertz CT molecular complexity index is 291. The highest BCUT2D eigenvalue weighted by atomic mass is 32.1. The van der Waals surface area contributed by atoms with E-state index in [0.717, 1.165) is 24.4 Å². The first kappa shape index (κ1) is 9.68. The van der Waals surface area contributed by atoms with Gasteiger partial charge in [0.1, 0.15) is 6.61 Å². The molecule has 0 radical (unpaired) electrons. The molecular formula is C10H13NO2S. The lowest BCUT2D eigenvalue weighted by atomic mass is 10.1. The lowest BCUT2D eigenvalue weighted by Crippen LogP contribution is -2.19. The zero-order valence-corrected chi connectivity index (χ0v) is 8.68. The van der Waals surface area contributed by atoms with Gasteiger partial charge in [-0.05, 0) is 24.4 Å². The SMILES string of the molecule is O=C(OCc1cccs1)C1CCNC1. The molecule has 76 valence electrons. The molecular weight excluding hydrogens is 198 g/mol. The molecule has 1 fully saturated rings. The molecule has 0 saturated carbocycles. The first-order valence-electron chi connectivity index (χ1n) is 4.76. The van der Waals surface area contributed by atoms with E-state index in [1.165, 1.54) is 0 Å². The van der Waals surface area contributed by atoms with Crippen molar-refractivity contribution in [2.45, 2.75) is 13.0 Å². The Kier molecular flexibility index (Phi) is 3.16. The Morgan fingerprint density at radius 1 is 1.71 bits per heavy atom. The first-order chi connectivity index (χ1) is 6.86. The number of ether oxygens (including phenoxy) is 1. The molecule has 0 bridgehead atoms. The fourth-order valence-electron chi connectivity index (χ4n) is 1.51. The predicted molar refractivity (Wildman–Crippen MR) is 55.1 cm³/mol. The first-order valence-corrected chi connectivity index (χ1v) is 5.64. The number of hydrogen-bond donors (Lipinski definition) is 1. The van der Waals surface area contributed by atoms with Gasteiger partial charge in [-0.15, -0.1) is 11.3 Å². The van der Waals surface area contributed by atoms with Gasteiger partial charge >= 0.3 is 5.97 Å². The summed E-state index contributed by atoms with van der Waals surface area (Å²) in [5, 5.41) is 5.13. The van der Waals surface area contributed by atoms with Crippen LogP contribution in [0.25, 0.3) is 0 Å². The second-order valence-corrected chi connectivity index (χ2v) is 4.41. The van der Waals surface area contributed by atoms with Crippen LogP contribution >= 0.6 is 11.3 Å². The van der Waals surface area contributed by atoms with Crippen LogP contribution < -0.4 is 5.32 Å². The number of hydrogen-bond acceptors (Lipinski definition) is 4. The highest BCUT2D eigenvalue weighted by Gasteiger charge is 2.23. The summed E-state index contributed by atoms with van der Waals surface area (Å²) in [5.41, 5.74) is 0. The van der Waals surface area contributed by atoms with Crippen LogP contribution in [-0.4, -0.2) is 19.1 Å². The van der Waals surface area contributed by atoms with E-state index in [-0.39, 0.29) is 11.9 Å². The van der Waals surface area contributed by atoms with Gasteiger partial charge in [0, 0.05) is 11.4 Å². The van der Waals surface area contributed by atoms with Crippen LogP contribution in [0, 0.1) is 5.92 Å². The third-order valence-electron chi connectivity index (χ3n) is 2.33. The number of carbonyl (C=O) groups excluding carboxylic acids is 1. The molecule has 1 saturated heterocycles. The van der Waals surface area contributed by atoms with Crippen molar-refractivity contribution in [2.24, 2.45) is 5.92 Å². The van der Waals surface area contributed by atoms with Crippen LogP contribution in [0.5, 0.6) is 0 Å². The Morgan fingerprint density at radius 2 is 2.64 bits per heavy atom. The summed E-state index contributed by atoms with van der Waals surface area (Å²) in [4.78, 5) is 12.6. The topological polar surface area (TPSA) is 38.3 Å². The zero-order chi connectivity index (χ0) is 9.80. The monoisotopic (exact) mass is 211 g/mol. The molecule has 1 unspecified atom stereocenters. The molecule has 1 aliphatic heterocycles. The van der Waals surface area contributed by atoms with E-state index >= 15 is 0 Å².